The van der Waals surface area contributed by atoms with Crippen molar-refractivity contribution in [2.75, 3.05) is 0 Å². The average Bonchev–Trinajstić information content (AvgIpc) is 3.54. The fraction of sp³-hybridized carbons (Fsp3) is 0.381. The summed E-state index contributed by atoms with van der Waals surface area (Å²) in [7, 11) is -1.67. The minimum atomic E-state index is -4.41. The van der Waals surface area contributed by atoms with Crippen LogP contribution in [0.25, 0.3) is 42.6 Å². The van der Waals surface area contributed by atoms with Crippen LogP contribution in [0.3, 0.4) is 0 Å². The second-order valence-electron chi connectivity index (χ2n) is 14.6. The SMILES string of the molecule is CCC(C)(CC)C(=O)/C=C(\O)C(C)(CC)CC.C[Si](C)(C)c1cc(-c2nccc3cc(-c4ccccc4C(F)(F)F)sc23)[c-]c2ccccc12.[Ir]. The number of hydrogen-bond acceptors (Lipinski definition) is 4. The van der Waals surface area contributed by atoms with Crippen LogP contribution in [0.5, 0.6) is 0 Å². The van der Waals surface area contributed by atoms with Gasteiger partial charge in [0.2, 0.25) is 0 Å². The van der Waals surface area contributed by atoms with Crippen molar-refractivity contribution in [2.45, 2.75) is 93.0 Å². The summed E-state index contributed by atoms with van der Waals surface area (Å²) < 4.78 is 41.8. The van der Waals surface area contributed by atoms with Crippen molar-refractivity contribution in [3.05, 3.63) is 96.4 Å². The molecule has 3 nitrogen and oxygen atoms in total. The van der Waals surface area contributed by atoms with Gasteiger partial charge in [-0.05, 0) is 49.3 Å². The third kappa shape index (κ3) is 9.29. The molecular formula is C42H49F3IrNO2SSi-. The quantitative estimate of drug-likeness (QED) is 0.0657. The molecule has 0 aliphatic carbocycles. The molecule has 5 rings (SSSR count). The molecule has 0 aliphatic heterocycles. The number of hydrogen-bond donors (Lipinski definition) is 1. The van der Waals surface area contributed by atoms with Crippen LogP contribution in [0.4, 0.5) is 13.2 Å². The second kappa shape index (κ2) is 16.7. The summed E-state index contributed by atoms with van der Waals surface area (Å²) in [6, 6.07) is 23.4. The van der Waals surface area contributed by atoms with Gasteiger partial charge in [0.1, 0.15) is 5.76 Å². The summed E-state index contributed by atoms with van der Waals surface area (Å²) in [5, 5.41) is 14.6. The molecule has 0 amide bonds. The number of fused-ring (bicyclic) bond motifs is 2. The summed E-state index contributed by atoms with van der Waals surface area (Å²) >= 11 is 1.35. The van der Waals surface area contributed by atoms with Crippen molar-refractivity contribution < 1.29 is 43.2 Å². The predicted molar refractivity (Wildman–Crippen MR) is 208 cm³/mol. The summed E-state index contributed by atoms with van der Waals surface area (Å²) in [5.41, 5.74) is 0.619. The Morgan fingerprint density at radius 3 is 2.06 bits per heavy atom. The van der Waals surface area contributed by atoms with Crippen molar-refractivity contribution in [3.8, 4) is 21.7 Å². The molecule has 0 unspecified atom stereocenters. The fourth-order valence-corrected chi connectivity index (χ4v) is 8.70. The number of carbonyl (C=O) groups excluding carboxylic acids is 1. The van der Waals surface area contributed by atoms with Crippen molar-refractivity contribution >= 4 is 51.2 Å². The van der Waals surface area contributed by atoms with Gasteiger partial charge in [0.15, 0.2) is 5.78 Å². The number of aromatic nitrogens is 1. The van der Waals surface area contributed by atoms with Crippen LogP contribution in [-0.4, -0.2) is 23.9 Å². The van der Waals surface area contributed by atoms with E-state index in [1.165, 1.54) is 40.1 Å². The van der Waals surface area contributed by atoms with E-state index in [4.69, 9.17) is 0 Å². The molecule has 9 heteroatoms. The Bertz CT molecular complexity index is 2000. The van der Waals surface area contributed by atoms with Crippen LogP contribution in [-0.2, 0) is 31.1 Å². The molecule has 1 radical (unpaired) electrons. The molecule has 2 aromatic heterocycles. The van der Waals surface area contributed by atoms with Gasteiger partial charge in [-0.1, -0.05) is 109 Å². The molecule has 0 bridgehead atoms. The van der Waals surface area contributed by atoms with Gasteiger partial charge in [0.05, 0.1) is 13.6 Å². The molecule has 51 heavy (non-hydrogen) atoms. The Kier molecular flexibility index (Phi) is 13.9. The number of thiophene rings is 1. The number of halogens is 3. The van der Waals surface area contributed by atoms with Crippen molar-refractivity contribution in [2.24, 2.45) is 10.8 Å². The van der Waals surface area contributed by atoms with Gasteiger partial charge in [-0.15, -0.1) is 40.1 Å². The molecule has 0 aliphatic rings. The number of aliphatic hydroxyl groups is 1. The number of benzene rings is 3. The molecule has 0 saturated heterocycles. The van der Waals surface area contributed by atoms with Gasteiger partial charge in [-0.25, -0.2) is 0 Å². The minimum Gasteiger partial charge on any atom is -0.512 e. The van der Waals surface area contributed by atoms with Gasteiger partial charge in [0, 0.05) is 64.0 Å². The largest absolute Gasteiger partial charge is 0.512 e. The van der Waals surface area contributed by atoms with E-state index >= 15 is 0 Å². The fourth-order valence-electron chi connectivity index (χ4n) is 5.90. The zero-order valence-corrected chi connectivity index (χ0v) is 35.2. The van der Waals surface area contributed by atoms with E-state index in [2.05, 4.69) is 48.9 Å². The van der Waals surface area contributed by atoms with E-state index < -0.39 is 19.8 Å². The van der Waals surface area contributed by atoms with E-state index in [1.54, 1.807) is 12.3 Å². The predicted octanol–water partition coefficient (Wildman–Crippen LogP) is 12.8. The molecule has 2 heterocycles. The van der Waals surface area contributed by atoms with E-state index in [0.29, 0.717) is 4.88 Å². The third-order valence-electron chi connectivity index (χ3n) is 10.4. The molecule has 1 N–H and O–H groups in total. The summed E-state index contributed by atoms with van der Waals surface area (Å²) in [6.45, 7) is 19.0. The van der Waals surface area contributed by atoms with Crippen LogP contribution in [0.2, 0.25) is 19.6 Å². The maximum atomic E-state index is 13.6. The van der Waals surface area contributed by atoms with Crippen molar-refractivity contribution in [1.82, 2.24) is 4.98 Å². The first-order chi connectivity index (χ1) is 23.4. The Hall–Kier alpha value is -3.10. The van der Waals surface area contributed by atoms with Crippen molar-refractivity contribution in [1.29, 1.82) is 0 Å². The van der Waals surface area contributed by atoms with E-state index in [1.807, 2.05) is 65.8 Å². The maximum Gasteiger partial charge on any atom is 0.417 e. The normalized spacial score (nSPS) is 12.7. The Morgan fingerprint density at radius 2 is 1.47 bits per heavy atom. The molecular weight excluding hydrogens is 860 g/mol. The van der Waals surface area contributed by atoms with Gasteiger partial charge in [0.25, 0.3) is 0 Å². The third-order valence-corrected chi connectivity index (χ3v) is 13.6. The average molecular weight is 909 g/mol. The molecule has 5 aromatic rings. The van der Waals surface area contributed by atoms with E-state index in [-0.39, 0.29) is 48.0 Å². The molecule has 3 aromatic carbocycles. The van der Waals surface area contributed by atoms with Crippen molar-refractivity contribution in [3.63, 3.8) is 0 Å². The van der Waals surface area contributed by atoms with Crippen LogP contribution in [0, 0.1) is 16.9 Å². The maximum absolute atomic E-state index is 13.6. The first kappa shape index (κ1) is 42.3. The number of nitrogens with zero attached hydrogens (tertiary/aromatic N) is 1. The van der Waals surface area contributed by atoms with Crippen LogP contribution in [0.15, 0.2) is 84.8 Å². The Labute approximate surface area is 319 Å². The Morgan fingerprint density at radius 1 is 0.882 bits per heavy atom. The summed E-state index contributed by atoms with van der Waals surface area (Å²) in [5.74, 6) is 0.286. The Balaban J connectivity index is 0.000000335. The number of carbonyl (C=O) groups is 1. The smallest absolute Gasteiger partial charge is 0.417 e. The standard InChI is InChI=1S/C27H21F3NSSi.C15H28O2.Ir/c1-33(2,3)24-16-19(14-17-8-4-5-9-20(17)24)25-26-18(12-13-31-25)15-23(32-26)21-10-6-7-11-22(21)27(28,29)30;1-7-14(5,8-2)12(16)11-13(17)15(6,9-3)10-4;/h4-13,15-16H,1-3H3;11,16H,7-10H2,1-6H3;/q-1;;/b;12-11-;. The van der Waals surface area contributed by atoms with Crippen LogP contribution < -0.4 is 5.19 Å². The zero-order valence-electron chi connectivity index (χ0n) is 31.0. The van der Waals surface area contributed by atoms with E-state index in [0.717, 1.165) is 58.5 Å². The minimum absolute atomic E-state index is 0. The zero-order chi connectivity index (χ0) is 37.1. The second-order valence-corrected chi connectivity index (χ2v) is 20.6. The first-order valence-corrected chi connectivity index (χ1v) is 21.7. The molecule has 0 spiro atoms. The first-order valence-electron chi connectivity index (χ1n) is 17.4. The number of pyridine rings is 1. The molecule has 0 saturated carbocycles. The van der Waals surface area contributed by atoms with Crippen LogP contribution >= 0.6 is 11.3 Å². The number of allylic oxidation sites excluding steroid dienone is 2. The van der Waals surface area contributed by atoms with E-state index in [9.17, 15) is 23.1 Å². The molecule has 275 valence electrons. The monoisotopic (exact) mass is 909 g/mol. The number of ketones is 1. The van der Waals surface area contributed by atoms with Crippen LogP contribution in [0.1, 0.15) is 72.8 Å². The van der Waals surface area contributed by atoms with Gasteiger partial charge < -0.3 is 5.11 Å². The van der Waals surface area contributed by atoms with Gasteiger partial charge >= 0.3 is 6.18 Å². The van der Waals surface area contributed by atoms with Gasteiger partial charge in [-0.3, -0.25) is 9.78 Å². The topological polar surface area (TPSA) is 50.2 Å². The summed E-state index contributed by atoms with van der Waals surface area (Å²) in [6.07, 6.45) is 2.07. The molecule has 0 atom stereocenters. The number of alkyl halides is 3. The number of aliphatic hydroxyl groups excluding tert-OH is 1. The molecule has 0 fully saturated rings. The van der Waals surface area contributed by atoms with Gasteiger partial charge in [-0.2, -0.15) is 13.2 Å². The number of rotatable bonds is 10. The summed E-state index contributed by atoms with van der Waals surface area (Å²) in [4.78, 5) is 17.4.